The number of nitrogens with one attached hydrogen (secondary N) is 1. The minimum absolute atomic E-state index is 0.0868. The molecule has 0 spiro atoms. The van der Waals surface area contributed by atoms with Gasteiger partial charge in [0.15, 0.2) is 0 Å². The standard InChI is InChI=1S/C11H16N2O4/c1-7(4-9(15)16)5-13-6-8(14)12-10(17)11(13,2)3/h4H,5-6H2,1-3H3,(H,15,16)(H,12,14,17). The topological polar surface area (TPSA) is 86.7 Å². The Balaban J connectivity index is 2.84. The number of hydrogen-bond donors (Lipinski definition) is 2. The quantitative estimate of drug-likeness (QED) is 0.525. The largest absolute Gasteiger partial charge is 0.478 e. The van der Waals surface area contributed by atoms with Crippen LogP contribution in [0.15, 0.2) is 11.6 Å². The molecule has 0 aromatic heterocycles. The number of carboxylic acid groups (broad SMARTS) is 1. The highest BCUT2D eigenvalue weighted by Gasteiger charge is 2.40. The predicted molar refractivity (Wildman–Crippen MR) is 60.2 cm³/mol. The van der Waals surface area contributed by atoms with Crippen LogP contribution in [0.25, 0.3) is 0 Å². The zero-order valence-electron chi connectivity index (χ0n) is 10.1. The summed E-state index contributed by atoms with van der Waals surface area (Å²) in [5.74, 6) is -1.76. The van der Waals surface area contributed by atoms with E-state index in [2.05, 4.69) is 5.32 Å². The molecule has 0 radical (unpaired) electrons. The number of aliphatic carboxylic acids is 1. The molecule has 0 bridgehead atoms. The fourth-order valence-electron chi connectivity index (χ4n) is 1.64. The van der Waals surface area contributed by atoms with Crippen molar-refractivity contribution in [2.24, 2.45) is 0 Å². The smallest absolute Gasteiger partial charge is 0.328 e. The first-order valence-electron chi connectivity index (χ1n) is 5.23. The Bertz CT molecular complexity index is 398. The summed E-state index contributed by atoms with van der Waals surface area (Å²) >= 11 is 0. The molecule has 0 aromatic rings. The van der Waals surface area contributed by atoms with E-state index >= 15 is 0 Å². The van der Waals surface area contributed by atoms with Gasteiger partial charge in [-0.3, -0.25) is 19.8 Å². The Labute approximate surface area is 99.3 Å². The number of imide groups is 1. The Morgan fingerprint density at radius 3 is 2.65 bits per heavy atom. The van der Waals surface area contributed by atoms with Gasteiger partial charge < -0.3 is 5.11 Å². The number of carboxylic acids is 1. The minimum Gasteiger partial charge on any atom is -0.478 e. The fraction of sp³-hybridized carbons (Fsp3) is 0.545. The van der Waals surface area contributed by atoms with Crippen molar-refractivity contribution in [2.75, 3.05) is 13.1 Å². The molecule has 94 valence electrons. The molecular weight excluding hydrogens is 224 g/mol. The molecule has 1 heterocycles. The van der Waals surface area contributed by atoms with Crippen LogP contribution in [-0.2, 0) is 14.4 Å². The van der Waals surface area contributed by atoms with Gasteiger partial charge in [-0.25, -0.2) is 4.79 Å². The SMILES string of the molecule is CC(=CC(=O)O)CN1CC(=O)NC(=O)C1(C)C. The van der Waals surface area contributed by atoms with Gasteiger partial charge in [0.2, 0.25) is 11.8 Å². The van der Waals surface area contributed by atoms with Gasteiger partial charge >= 0.3 is 5.97 Å². The Hall–Kier alpha value is -1.69. The van der Waals surface area contributed by atoms with Crippen LogP contribution < -0.4 is 5.32 Å². The number of carbonyl (C=O) groups is 3. The fourth-order valence-corrected chi connectivity index (χ4v) is 1.64. The Kier molecular flexibility index (Phi) is 3.67. The normalized spacial score (nSPS) is 21.2. The molecule has 2 N–H and O–H groups in total. The van der Waals surface area contributed by atoms with Crippen molar-refractivity contribution in [3.05, 3.63) is 11.6 Å². The van der Waals surface area contributed by atoms with Crippen molar-refractivity contribution >= 4 is 17.8 Å². The van der Waals surface area contributed by atoms with E-state index in [1.807, 2.05) is 0 Å². The van der Waals surface area contributed by atoms with E-state index in [1.54, 1.807) is 25.7 Å². The lowest BCUT2D eigenvalue weighted by atomic mass is 9.98. The van der Waals surface area contributed by atoms with E-state index < -0.39 is 11.5 Å². The van der Waals surface area contributed by atoms with Crippen LogP contribution in [0.3, 0.4) is 0 Å². The van der Waals surface area contributed by atoms with Crippen LogP contribution in [0.5, 0.6) is 0 Å². The van der Waals surface area contributed by atoms with Crippen LogP contribution in [0.1, 0.15) is 20.8 Å². The van der Waals surface area contributed by atoms with E-state index in [1.165, 1.54) is 0 Å². The molecule has 1 aliphatic rings. The zero-order valence-corrected chi connectivity index (χ0v) is 10.1. The number of nitrogens with zero attached hydrogens (tertiary/aromatic N) is 1. The van der Waals surface area contributed by atoms with Gasteiger partial charge in [-0.2, -0.15) is 0 Å². The van der Waals surface area contributed by atoms with Crippen LogP contribution >= 0.6 is 0 Å². The molecular formula is C11H16N2O4. The van der Waals surface area contributed by atoms with Gasteiger partial charge in [0, 0.05) is 12.6 Å². The molecule has 1 aliphatic heterocycles. The number of carbonyl (C=O) groups excluding carboxylic acids is 2. The molecule has 1 rings (SSSR count). The van der Waals surface area contributed by atoms with Gasteiger partial charge in [-0.15, -0.1) is 0 Å². The Morgan fingerprint density at radius 1 is 1.53 bits per heavy atom. The van der Waals surface area contributed by atoms with Crippen molar-refractivity contribution in [3.63, 3.8) is 0 Å². The van der Waals surface area contributed by atoms with E-state index in [-0.39, 0.29) is 24.9 Å². The highest BCUT2D eigenvalue weighted by atomic mass is 16.4. The van der Waals surface area contributed by atoms with Crippen molar-refractivity contribution in [1.82, 2.24) is 10.2 Å². The molecule has 0 saturated carbocycles. The predicted octanol–water partition coefficient (Wildman–Crippen LogP) is -0.246. The third-order valence-electron chi connectivity index (χ3n) is 2.74. The summed E-state index contributed by atoms with van der Waals surface area (Å²) in [5, 5.41) is 10.9. The summed E-state index contributed by atoms with van der Waals surface area (Å²) in [5.41, 5.74) is -0.227. The van der Waals surface area contributed by atoms with Crippen molar-refractivity contribution < 1.29 is 19.5 Å². The monoisotopic (exact) mass is 240 g/mol. The maximum atomic E-state index is 11.6. The van der Waals surface area contributed by atoms with E-state index in [0.717, 1.165) is 6.08 Å². The third kappa shape index (κ3) is 3.13. The maximum Gasteiger partial charge on any atom is 0.328 e. The lowest BCUT2D eigenvalue weighted by molar-refractivity contribution is -0.144. The van der Waals surface area contributed by atoms with Crippen LogP contribution in [0.4, 0.5) is 0 Å². The second kappa shape index (κ2) is 4.67. The van der Waals surface area contributed by atoms with E-state index in [4.69, 9.17) is 5.11 Å². The molecule has 1 fully saturated rings. The minimum atomic E-state index is -1.03. The number of piperazine rings is 1. The van der Waals surface area contributed by atoms with Crippen molar-refractivity contribution in [2.45, 2.75) is 26.3 Å². The average molecular weight is 240 g/mol. The summed E-state index contributed by atoms with van der Waals surface area (Å²) in [6, 6.07) is 0. The summed E-state index contributed by atoms with van der Waals surface area (Å²) in [6.07, 6.45) is 1.08. The van der Waals surface area contributed by atoms with Gasteiger partial charge in [-0.05, 0) is 20.8 Å². The molecule has 2 amide bonds. The first-order chi connectivity index (χ1) is 7.73. The number of amides is 2. The molecule has 0 aromatic carbocycles. The molecule has 1 saturated heterocycles. The molecule has 17 heavy (non-hydrogen) atoms. The highest BCUT2D eigenvalue weighted by Crippen LogP contribution is 2.19. The van der Waals surface area contributed by atoms with E-state index in [0.29, 0.717) is 5.57 Å². The van der Waals surface area contributed by atoms with Gasteiger partial charge in [0.25, 0.3) is 0 Å². The van der Waals surface area contributed by atoms with Gasteiger partial charge in [-0.1, -0.05) is 5.57 Å². The van der Waals surface area contributed by atoms with Crippen LogP contribution in [0.2, 0.25) is 0 Å². The van der Waals surface area contributed by atoms with E-state index in [9.17, 15) is 14.4 Å². The summed E-state index contributed by atoms with van der Waals surface area (Å²) in [4.78, 5) is 35.1. The summed E-state index contributed by atoms with van der Waals surface area (Å²) in [6.45, 7) is 5.41. The van der Waals surface area contributed by atoms with Crippen LogP contribution in [-0.4, -0.2) is 46.4 Å². The van der Waals surface area contributed by atoms with Crippen molar-refractivity contribution in [1.29, 1.82) is 0 Å². The second-order valence-electron chi connectivity index (χ2n) is 4.62. The summed E-state index contributed by atoms with van der Waals surface area (Å²) < 4.78 is 0. The third-order valence-corrected chi connectivity index (χ3v) is 2.74. The molecule has 0 unspecified atom stereocenters. The average Bonchev–Trinajstić information content (AvgIpc) is 2.12. The first-order valence-corrected chi connectivity index (χ1v) is 5.23. The van der Waals surface area contributed by atoms with Crippen LogP contribution in [0, 0.1) is 0 Å². The van der Waals surface area contributed by atoms with Gasteiger partial charge in [0.1, 0.15) is 0 Å². The molecule has 6 heteroatoms. The maximum absolute atomic E-state index is 11.6. The Morgan fingerprint density at radius 2 is 2.12 bits per heavy atom. The lowest BCUT2D eigenvalue weighted by Gasteiger charge is -2.40. The molecule has 0 atom stereocenters. The van der Waals surface area contributed by atoms with Crippen molar-refractivity contribution in [3.8, 4) is 0 Å². The lowest BCUT2D eigenvalue weighted by Crippen LogP contribution is -2.64. The number of hydrogen-bond acceptors (Lipinski definition) is 4. The molecule has 6 nitrogen and oxygen atoms in total. The zero-order chi connectivity index (χ0) is 13.2. The highest BCUT2D eigenvalue weighted by molar-refractivity contribution is 6.03. The van der Waals surface area contributed by atoms with Gasteiger partial charge in [0.05, 0.1) is 12.1 Å². The summed E-state index contributed by atoms with van der Waals surface area (Å²) in [7, 11) is 0. The second-order valence-corrected chi connectivity index (χ2v) is 4.62. The number of rotatable bonds is 3. The first kappa shape index (κ1) is 13.4. The molecule has 0 aliphatic carbocycles.